The molecule has 0 atom stereocenters. The Kier molecular flexibility index (Phi) is 15.5. The lowest BCUT2D eigenvalue weighted by Crippen LogP contribution is -2.05. The highest BCUT2D eigenvalue weighted by molar-refractivity contribution is 5.71. The second-order valence-electron chi connectivity index (χ2n) is 5.49. The molecular formula is C20H26O8. The van der Waals surface area contributed by atoms with Gasteiger partial charge in [-0.2, -0.15) is 0 Å². The summed E-state index contributed by atoms with van der Waals surface area (Å²) in [4.78, 5) is 44.6. The Morgan fingerprint density at radius 3 is 1.21 bits per heavy atom. The van der Waals surface area contributed by atoms with Gasteiger partial charge in [0, 0.05) is 25.7 Å². The van der Waals surface area contributed by atoms with Gasteiger partial charge in [-0.15, -0.1) is 0 Å². The lowest BCUT2D eigenvalue weighted by molar-refractivity contribution is -0.143. The fourth-order valence-corrected chi connectivity index (χ4v) is 1.82. The molecule has 0 aliphatic heterocycles. The SMILES string of the molecule is COC(=O)CCCCC(=O)OCC#CC#CCOC(=O)CCCCC(=O)OC. The molecule has 0 amide bonds. The van der Waals surface area contributed by atoms with Crippen molar-refractivity contribution in [2.45, 2.75) is 51.4 Å². The lowest BCUT2D eigenvalue weighted by atomic mass is 10.2. The third-order valence-electron chi connectivity index (χ3n) is 3.33. The van der Waals surface area contributed by atoms with E-state index in [1.54, 1.807) is 0 Å². The first-order valence-electron chi connectivity index (χ1n) is 8.90. The summed E-state index contributed by atoms with van der Waals surface area (Å²) in [5.74, 6) is 8.68. The van der Waals surface area contributed by atoms with Crippen LogP contribution in [0, 0.1) is 23.7 Å². The van der Waals surface area contributed by atoms with Gasteiger partial charge in [-0.3, -0.25) is 19.2 Å². The number of hydrogen-bond donors (Lipinski definition) is 0. The summed E-state index contributed by atoms with van der Waals surface area (Å²) >= 11 is 0. The van der Waals surface area contributed by atoms with Gasteiger partial charge in [0.05, 0.1) is 14.2 Å². The van der Waals surface area contributed by atoms with E-state index in [0.29, 0.717) is 25.7 Å². The number of unbranched alkanes of at least 4 members (excludes halogenated alkanes) is 2. The molecule has 0 bridgehead atoms. The topological polar surface area (TPSA) is 105 Å². The molecular weight excluding hydrogens is 368 g/mol. The summed E-state index contributed by atoms with van der Waals surface area (Å²) in [5.41, 5.74) is 0. The van der Waals surface area contributed by atoms with E-state index < -0.39 is 11.9 Å². The van der Waals surface area contributed by atoms with Crippen molar-refractivity contribution in [1.29, 1.82) is 0 Å². The molecule has 28 heavy (non-hydrogen) atoms. The van der Waals surface area contributed by atoms with Gasteiger partial charge in [0.1, 0.15) is 0 Å². The molecule has 0 aromatic heterocycles. The standard InChI is InChI=1S/C20H26O8/c1-25-17(21)11-5-7-13-19(23)27-15-9-3-4-10-16-28-20(24)14-8-6-12-18(22)26-2/h5-8,11-16H2,1-2H3. The zero-order chi connectivity index (χ0) is 21.0. The van der Waals surface area contributed by atoms with Gasteiger partial charge >= 0.3 is 23.9 Å². The van der Waals surface area contributed by atoms with Crippen molar-refractivity contribution in [1.82, 2.24) is 0 Å². The van der Waals surface area contributed by atoms with Crippen LogP contribution in [0.2, 0.25) is 0 Å². The molecule has 0 aliphatic carbocycles. The first-order valence-corrected chi connectivity index (χ1v) is 8.90. The Hall–Kier alpha value is -3.00. The fraction of sp³-hybridized carbons (Fsp3) is 0.600. The molecule has 0 unspecified atom stereocenters. The maximum atomic E-state index is 11.4. The molecule has 8 heteroatoms. The second kappa shape index (κ2) is 17.4. The minimum absolute atomic E-state index is 0.0789. The Balaban J connectivity index is 3.68. The first-order chi connectivity index (χ1) is 13.5. The number of esters is 4. The molecule has 0 saturated carbocycles. The van der Waals surface area contributed by atoms with E-state index >= 15 is 0 Å². The van der Waals surface area contributed by atoms with Gasteiger partial charge in [0.2, 0.25) is 0 Å². The molecule has 0 aromatic carbocycles. The predicted octanol–water partition coefficient (Wildman–Crippen LogP) is 1.55. The summed E-state index contributed by atoms with van der Waals surface area (Å²) in [6, 6.07) is 0. The maximum absolute atomic E-state index is 11.4. The van der Waals surface area contributed by atoms with Gasteiger partial charge < -0.3 is 18.9 Å². The molecule has 154 valence electrons. The summed E-state index contributed by atoms with van der Waals surface area (Å²) in [6.07, 6.45) is 3.16. The smallest absolute Gasteiger partial charge is 0.306 e. The van der Waals surface area contributed by atoms with Crippen molar-refractivity contribution >= 4 is 23.9 Å². The second-order valence-corrected chi connectivity index (χ2v) is 5.49. The number of ether oxygens (including phenoxy) is 4. The van der Waals surface area contributed by atoms with Crippen molar-refractivity contribution in [2.24, 2.45) is 0 Å². The number of methoxy groups -OCH3 is 2. The van der Waals surface area contributed by atoms with E-state index in [2.05, 4.69) is 33.2 Å². The largest absolute Gasteiger partial charge is 0.469 e. The average Bonchev–Trinajstić information content (AvgIpc) is 2.69. The molecule has 0 aliphatic rings. The zero-order valence-electron chi connectivity index (χ0n) is 16.3. The molecule has 0 N–H and O–H groups in total. The Bertz CT molecular complexity index is 574. The van der Waals surface area contributed by atoms with Crippen LogP contribution in [-0.4, -0.2) is 51.3 Å². The number of carbonyl (C=O) groups excluding carboxylic acids is 4. The summed E-state index contributed by atoms with van der Waals surface area (Å²) in [6.45, 7) is -0.158. The third-order valence-corrected chi connectivity index (χ3v) is 3.33. The van der Waals surface area contributed by atoms with Crippen molar-refractivity contribution < 1.29 is 38.1 Å². The molecule has 0 spiro atoms. The normalized spacial score (nSPS) is 9.07. The Morgan fingerprint density at radius 1 is 0.571 bits per heavy atom. The number of carbonyl (C=O) groups is 4. The molecule has 0 fully saturated rings. The monoisotopic (exact) mass is 394 g/mol. The zero-order valence-corrected chi connectivity index (χ0v) is 16.3. The van der Waals surface area contributed by atoms with E-state index in [-0.39, 0.29) is 50.8 Å². The van der Waals surface area contributed by atoms with Gasteiger partial charge in [-0.25, -0.2) is 0 Å². The highest BCUT2D eigenvalue weighted by atomic mass is 16.5. The minimum atomic E-state index is -0.395. The maximum Gasteiger partial charge on any atom is 0.306 e. The summed E-state index contributed by atoms with van der Waals surface area (Å²) in [7, 11) is 2.64. The van der Waals surface area contributed by atoms with Crippen LogP contribution in [0.5, 0.6) is 0 Å². The first kappa shape index (κ1) is 25.0. The Morgan fingerprint density at radius 2 is 0.893 bits per heavy atom. The van der Waals surface area contributed by atoms with Crippen molar-refractivity contribution in [3.05, 3.63) is 0 Å². The average molecular weight is 394 g/mol. The van der Waals surface area contributed by atoms with Crippen molar-refractivity contribution in [3.63, 3.8) is 0 Å². The van der Waals surface area contributed by atoms with Gasteiger partial charge in [-0.1, -0.05) is 0 Å². The lowest BCUT2D eigenvalue weighted by Gasteiger charge is -2.00. The van der Waals surface area contributed by atoms with Crippen LogP contribution in [0.3, 0.4) is 0 Å². The Labute approximate surface area is 165 Å². The third kappa shape index (κ3) is 16.5. The summed E-state index contributed by atoms with van der Waals surface area (Å²) < 4.78 is 18.8. The molecule has 0 aromatic rings. The molecule has 0 rings (SSSR count). The highest BCUT2D eigenvalue weighted by Crippen LogP contribution is 2.03. The van der Waals surface area contributed by atoms with Crippen LogP contribution >= 0.6 is 0 Å². The van der Waals surface area contributed by atoms with Crippen molar-refractivity contribution in [3.8, 4) is 23.7 Å². The van der Waals surface area contributed by atoms with Crippen LogP contribution < -0.4 is 0 Å². The molecule has 0 heterocycles. The summed E-state index contributed by atoms with van der Waals surface area (Å²) in [5, 5.41) is 0. The van der Waals surface area contributed by atoms with E-state index in [0.717, 1.165) is 0 Å². The van der Waals surface area contributed by atoms with Crippen molar-refractivity contribution in [2.75, 3.05) is 27.4 Å². The van der Waals surface area contributed by atoms with Gasteiger partial charge in [-0.05, 0) is 49.4 Å². The van der Waals surface area contributed by atoms with E-state index in [1.165, 1.54) is 14.2 Å². The van der Waals surface area contributed by atoms with Gasteiger partial charge in [0.15, 0.2) is 13.2 Å². The number of rotatable bonds is 12. The van der Waals surface area contributed by atoms with Crippen LogP contribution in [0.15, 0.2) is 0 Å². The highest BCUT2D eigenvalue weighted by Gasteiger charge is 2.05. The number of hydrogen-bond acceptors (Lipinski definition) is 8. The van der Waals surface area contributed by atoms with Crippen LogP contribution in [0.25, 0.3) is 0 Å². The minimum Gasteiger partial charge on any atom is -0.469 e. The van der Waals surface area contributed by atoms with Crippen LogP contribution in [0.1, 0.15) is 51.4 Å². The van der Waals surface area contributed by atoms with E-state index in [9.17, 15) is 19.2 Å². The van der Waals surface area contributed by atoms with Gasteiger partial charge in [0.25, 0.3) is 0 Å². The molecule has 8 nitrogen and oxygen atoms in total. The fourth-order valence-electron chi connectivity index (χ4n) is 1.82. The molecule has 0 saturated heterocycles. The quantitative estimate of drug-likeness (QED) is 0.212. The van der Waals surface area contributed by atoms with E-state index in [1.807, 2.05) is 0 Å². The van der Waals surface area contributed by atoms with Crippen LogP contribution in [-0.2, 0) is 38.1 Å². The predicted molar refractivity (Wildman–Crippen MR) is 98.4 cm³/mol. The van der Waals surface area contributed by atoms with E-state index in [4.69, 9.17) is 9.47 Å². The molecule has 0 radical (unpaired) electrons. The van der Waals surface area contributed by atoms with Crippen LogP contribution in [0.4, 0.5) is 0 Å².